The van der Waals surface area contributed by atoms with Crippen LogP contribution in [0.15, 0.2) is 40.9 Å². The third kappa shape index (κ3) is 4.10. The third-order valence-corrected chi connectivity index (χ3v) is 3.49. The Morgan fingerprint density at radius 3 is 2.52 bits per heavy atom. The highest BCUT2D eigenvalue weighted by Gasteiger charge is 2.08. The van der Waals surface area contributed by atoms with Crippen LogP contribution in [0.4, 0.5) is 4.39 Å². The van der Waals surface area contributed by atoms with Crippen molar-refractivity contribution in [2.75, 3.05) is 13.2 Å². The van der Waals surface area contributed by atoms with Crippen LogP contribution >= 0.6 is 27.5 Å². The molecule has 0 saturated carbocycles. The number of nitriles is 1. The molecule has 0 aliphatic carbocycles. The maximum atomic E-state index is 13.3. The van der Waals surface area contributed by atoms with E-state index >= 15 is 0 Å². The Kier molecular flexibility index (Phi) is 5.43. The zero-order chi connectivity index (χ0) is 15.2. The lowest BCUT2D eigenvalue weighted by Crippen LogP contribution is -2.10. The largest absolute Gasteiger partial charge is 0.489 e. The Morgan fingerprint density at radius 2 is 1.81 bits per heavy atom. The van der Waals surface area contributed by atoms with Crippen molar-refractivity contribution >= 4 is 27.5 Å². The number of ether oxygens (including phenoxy) is 2. The molecular formula is C15H10BrClFNO2. The molecule has 0 aromatic heterocycles. The molecule has 21 heavy (non-hydrogen) atoms. The van der Waals surface area contributed by atoms with E-state index in [4.69, 9.17) is 26.3 Å². The average molecular weight is 371 g/mol. The van der Waals surface area contributed by atoms with E-state index in [0.717, 1.165) is 0 Å². The molecule has 0 atom stereocenters. The van der Waals surface area contributed by atoms with Gasteiger partial charge in [-0.3, -0.25) is 0 Å². The van der Waals surface area contributed by atoms with Gasteiger partial charge in [-0.15, -0.1) is 0 Å². The SMILES string of the molecule is N#Cc1ccccc1OCCOc1cc(F)c(Cl)cc1Br. The van der Waals surface area contributed by atoms with Gasteiger partial charge in [0.15, 0.2) is 0 Å². The summed E-state index contributed by atoms with van der Waals surface area (Å²) in [4.78, 5) is 0. The summed E-state index contributed by atoms with van der Waals surface area (Å²) in [6.45, 7) is 0.439. The molecule has 0 aliphatic heterocycles. The van der Waals surface area contributed by atoms with E-state index in [0.29, 0.717) is 21.5 Å². The summed E-state index contributed by atoms with van der Waals surface area (Å²) >= 11 is 8.89. The lowest BCUT2D eigenvalue weighted by Gasteiger charge is -2.11. The fraction of sp³-hybridized carbons (Fsp3) is 0.133. The second-order valence-electron chi connectivity index (χ2n) is 4.00. The van der Waals surface area contributed by atoms with E-state index in [2.05, 4.69) is 15.9 Å². The Labute approximate surface area is 135 Å². The second-order valence-corrected chi connectivity index (χ2v) is 5.26. The molecule has 2 aromatic carbocycles. The molecule has 6 heteroatoms. The number of para-hydroxylation sites is 1. The van der Waals surface area contributed by atoms with E-state index in [9.17, 15) is 4.39 Å². The predicted octanol–water partition coefficient (Wildman–Crippen LogP) is 4.57. The van der Waals surface area contributed by atoms with Crippen LogP contribution in [0.2, 0.25) is 5.02 Å². The van der Waals surface area contributed by atoms with Crippen LogP contribution in [-0.2, 0) is 0 Å². The fourth-order valence-electron chi connectivity index (χ4n) is 1.60. The van der Waals surface area contributed by atoms with Crippen LogP contribution in [0.5, 0.6) is 11.5 Å². The summed E-state index contributed by atoms with van der Waals surface area (Å²) in [6, 6.07) is 11.6. The van der Waals surface area contributed by atoms with Gasteiger partial charge in [-0.1, -0.05) is 23.7 Å². The minimum atomic E-state index is -0.550. The minimum Gasteiger partial charge on any atom is -0.489 e. The van der Waals surface area contributed by atoms with Gasteiger partial charge < -0.3 is 9.47 Å². The average Bonchev–Trinajstić information content (AvgIpc) is 2.49. The van der Waals surface area contributed by atoms with Crippen molar-refractivity contribution in [3.8, 4) is 17.6 Å². The zero-order valence-electron chi connectivity index (χ0n) is 10.8. The third-order valence-electron chi connectivity index (χ3n) is 2.58. The maximum absolute atomic E-state index is 13.3. The van der Waals surface area contributed by atoms with Gasteiger partial charge in [0.2, 0.25) is 0 Å². The number of benzene rings is 2. The van der Waals surface area contributed by atoms with Crippen molar-refractivity contribution in [2.24, 2.45) is 0 Å². The highest BCUT2D eigenvalue weighted by atomic mass is 79.9. The Bertz CT molecular complexity index is 688. The Morgan fingerprint density at radius 1 is 1.14 bits per heavy atom. The van der Waals surface area contributed by atoms with Gasteiger partial charge in [-0.05, 0) is 34.1 Å². The lowest BCUT2D eigenvalue weighted by atomic mass is 10.2. The fourth-order valence-corrected chi connectivity index (χ4v) is 2.36. The molecule has 0 amide bonds. The van der Waals surface area contributed by atoms with E-state index in [1.807, 2.05) is 6.07 Å². The van der Waals surface area contributed by atoms with E-state index in [1.54, 1.807) is 24.3 Å². The first kappa shape index (κ1) is 15.6. The van der Waals surface area contributed by atoms with Crippen LogP contribution in [0.3, 0.4) is 0 Å². The van der Waals surface area contributed by atoms with Crippen LogP contribution in [0, 0.1) is 17.1 Å². The molecular weight excluding hydrogens is 361 g/mol. The summed E-state index contributed by atoms with van der Waals surface area (Å²) in [7, 11) is 0. The van der Waals surface area contributed by atoms with Gasteiger partial charge in [-0.2, -0.15) is 5.26 Å². The first-order chi connectivity index (χ1) is 10.1. The highest BCUT2D eigenvalue weighted by Crippen LogP contribution is 2.30. The molecule has 0 heterocycles. The number of hydrogen-bond acceptors (Lipinski definition) is 3. The van der Waals surface area contributed by atoms with Crippen molar-refractivity contribution in [3.63, 3.8) is 0 Å². The van der Waals surface area contributed by atoms with Crippen molar-refractivity contribution in [3.05, 3.63) is 57.3 Å². The molecule has 0 N–H and O–H groups in total. The van der Waals surface area contributed by atoms with Gasteiger partial charge in [0.05, 0.1) is 15.1 Å². The molecule has 0 saturated heterocycles. The van der Waals surface area contributed by atoms with Crippen LogP contribution in [0.25, 0.3) is 0 Å². The normalized spacial score (nSPS) is 10.0. The number of halogens is 3. The van der Waals surface area contributed by atoms with Gasteiger partial charge in [0.1, 0.15) is 36.6 Å². The lowest BCUT2D eigenvalue weighted by molar-refractivity contribution is 0.215. The van der Waals surface area contributed by atoms with E-state index in [1.165, 1.54) is 12.1 Å². The summed E-state index contributed by atoms with van der Waals surface area (Å²) in [5.74, 6) is 0.282. The summed E-state index contributed by atoms with van der Waals surface area (Å²) in [5, 5.41) is 8.95. The highest BCUT2D eigenvalue weighted by molar-refractivity contribution is 9.10. The minimum absolute atomic E-state index is 0.0217. The molecule has 0 bridgehead atoms. The van der Waals surface area contributed by atoms with Gasteiger partial charge in [0.25, 0.3) is 0 Å². The quantitative estimate of drug-likeness (QED) is 0.572. The van der Waals surface area contributed by atoms with Crippen molar-refractivity contribution in [2.45, 2.75) is 0 Å². The van der Waals surface area contributed by atoms with Gasteiger partial charge in [-0.25, -0.2) is 4.39 Å². The molecule has 0 unspecified atom stereocenters. The first-order valence-corrected chi connectivity index (χ1v) is 7.18. The van der Waals surface area contributed by atoms with Crippen molar-refractivity contribution < 1.29 is 13.9 Å². The molecule has 0 spiro atoms. The smallest absolute Gasteiger partial charge is 0.145 e. The Hall–Kier alpha value is -1.77. The zero-order valence-corrected chi connectivity index (χ0v) is 13.1. The maximum Gasteiger partial charge on any atom is 0.145 e. The van der Waals surface area contributed by atoms with E-state index in [-0.39, 0.29) is 18.2 Å². The van der Waals surface area contributed by atoms with Gasteiger partial charge >= 0.3 is 0 Å². The van der Waals surface area contributed by atoms with Crippen LogP contribution < -0.4 is 9.47 Å². The van der Waals surface area contributed by atoms with Crippen LogP contribution in [-0.4, -0.2) is 13.2 Å². The molecule has 108 valence electrons. The summed E-state index contributed by atoms with van der Waals surface area (Å²) in [6.07, 6.45) is 0. The standard InChI is InChI=1S/C15H10BrClFNO2/c16-11-7-12(17)13(18)8-15(11)21-6-5-20-14-4-2-1-3-10(14)9-19/h1-4,7-8H,5-6H2. The van der Waals surface area contributed by atoms with Crippen LogP contribution in [0.1, 0.15) is 5.56 Å². The Balaban J connectivity index is 1.91. The predicted molar refractivity (Wildman–Crippen MR) is 81.3 cm³/mol. The van der Waals surface area contributed by atoms with Crippen molar-refractivity contribution in [1.82, 2.24) is 0 Å². The molecule has 2 rings (SSSR count). The molecule has 0 aliphatic rings. The number of hydrogen-bond donors (Lipinski definition) is 0. The first-order valence-electron chi connectivity index (χ1n) is 6.01. The monoisotopic (exact) mass is 369 g/mol. The second kappa shape index (κ2) is 7.30. The number of rotatable bonds is 5. The molecule has 3 nitrogen and oxygen atoms in total. The summed E-state index contributed by atoms with van der Waals surface area (Å²) < 4.78 is 24.8. The van der Waals surface area contributed by atoms with Crippen molar-refractivity contribution in [1.29, 1.82) is 5.26 Å². The van der Waals surface area contributed by atoms with Gasteiger partial charge in [0, 0.05) is 6.07 Å². The molecule has 2 aromatic rings. The molecule has 0 radical (unpaired) electrons. The molecule has 0 fully saturated rings. The number of nitrogens with zero attached hydrogens (tertiary/aromatic N) is 1. The summed E-state index contributed by atoms with van der Waals surface area (Å²) in [5.41, 5.74) is 0.455. The van der Waals surface area contributed by atoms with E-state index < -0.39 is 5.82 Å². The topological polar surface area (TPSA) is 42.2 Å².